The van der Waals surface area contributed by atoms with Gasteiger partial charge in [0.25, 0.3) is 0 Å². The second-order valence-corrected chi connectivity index (χ2v) is 8.09. The van der Waals surface area contributed by atoms with Crippen LogP contribution in [0, 0.1) is 5.92 Å². The summed E-state index contributed by atoms with van der Waals surface area (Å²) >= 11 is 0. The van der Waals surface area contributed by atoms with Gasteiger partial charge in [-0.2, -0.15) is 0 Å². The molecule has 0 aliphatic carbocycles. The van der Waals surface area contributed by atoms with Gasteiger partial charge in [0.1, 0.15) is 5.82 Å². The average Bonchev–Trinajstić information content (AvgIpc) is 3.11. The number of hydrogen-bond acceptors (Lipinski definition) is 3. The highest BCUT2D eigenvalue weighted by Gasteiger charge is 2.35. The molecule has 2 saturated heterocycles. The maximum Gasteiger partial charge on any atom is 0.226 e. The topological polar surface area (TPSA) is 52.2 Å². The van der Waals surface area contributed by atoms with E-state index in [1.54, 1.807) is 0 Å². The van der Waals surface area contributed by atoms with Crippen molar-refractivity contribution >= 4 is 16.9 Å². The molecular weight excluding hydrogens is 324 g/mol. The summed E-state index contributed by atoms with van der Waals surface area (Å²) in [5.74, 6) is 1.48. The fraction of sp³-hybridized carbons (Fsp3) is 0.619. The molecule has 140 valence electrons. The fourth-order valence-corrected chi connectivity index (χ4v) is 4.51. The molecule has 0 bridgehead atoms. The molecule has 1 aromatic heterocycles. The highest BCUT2D eigenvalue weighted by Crippen LogP contribution is 2.33. The molecule has 1 atom stereocenters. The Hall–Kier alpha value is -1.88. The smallest absolute Gasteiger partial charge is 0.226 e. The van der Waals surface area contributed by atoms with Crippen LogP contribution in [0.4, 0.5) is 0 Å². The molecule has 2 aromatic rings. The van der Waals surface area contributed by atoms with Gasteiger partial charge in [0, 0.05) is 18.5 Å². The summed E-state index contributed by atoms with van der Waals surface area (Å²) in [5.41, 5.74) is 2.05. The predicted molar refractivity (Wildman–Crippen MR) is 104 cm³/mol. The summed E-state index contributed by atoms with van der Waals surface area (Å²) in [5, 5.41) is 0. The van der Waals surface area contributed by atoms with Crippen LogP contribution in [0.3, 0.4) is 0 Å². The summed E-state index contributed by atoms with van der Waals surface area (Å²) in [6, 6.07) is 8.81. The molecule has 1 N–H and O–H groups in total. The number of aromatic amines is 1. The molecule has 1 amide bonds. The number of fused-ring (bicyclic) bond motifs is 1. The molecule has 2 fully saturated rings. The monoisotopic (exact) mass is 354 g/mol. The SMILES string of the molecule is CC(C)N1CCC(C(=O)N2CCCC[C@H]2c2nc3ccccc3[nH]2)CC1. The van der Waals surface area contributed by atoms with E-state index in [0.29, 0.717) is 11.9 Å². The van der Waals surface area contributed by atoms with Gasteiger partial charge < -0.3 is 14.8 Å². The van der Waals surface area contributed by atoms with Crippen LogP contribution in [0.1, 0.15) is 57.8 Å². The molecule has 0 saturated carbocycles. The Morgan fingerprint density at radius 3 is 2.62 bits per heavy atom. The van der Waals surface area contributed by atoms with Gasteiger partial charge in [-0.25, -0.2) is 4.98 Å². The van der Waals surface area contributed by atoms with Crippen molar-refractivity contribution < 1.29 is 4.79 Å². The van der Waals surface area contributed by atoms with Crippen molar-refractivity contribution in [1.82, 2.24) is 19.8 Å². The normalized spacial score (nSPS) is 23.0. The lowest BCUT2D eigenvalue weighted by atomic mass is 9.92. The molecule has 0 radical (unpaired) electrons. The van der Waals surface area contributed by atoms with E-state index >= 15 is 0 Å². The summed E-state index contributed by atoms with van der Waals surface area (Å²) in [6.07, 6.45) is 5.25. The average molecular weight is 354 g/mol. The third-order valence-corrected chi connectivity index (χ3v) is 6.12. The Bertz CT molecular complexity index is 727. The maximum absolute atomic E-state index is 13.3. The second-order valence-electron chi connectivity index (χ2n) is 8.09. The van der Waals surface area contributed by atoms with E-state index in [2.05, 4.69) is 34.7 Å². The van der Waals surface area contributed by atoms with Crippen LogP contribution in [-0.4, -0.2) is 51.4 Å². The van der Waals surface area contributed by atoms with Crippen molar-refractivity contribution in [3.05, 3.63) is 30.1 Å². The number of nitrogens with one attached hydrogen (secondary N) is 1. The molecule has 5 heteroatoms. The zero-order valence-corrected chi connectivity index (χ0v) is 15.9. The van der Waals surface area contributed by atoms with Crippen LogP contribution in [0.25, 0.3) is 11.0 Å². The Morgan fingerprint density at radius 2 is 1.88 bits per heavy atom. The minimum Gasteiger partial charge on any atom is -0.340 e. The largest absolute Gasteiger partial charge is 0.340 e. The molecule has 5 nitrogen and oxygen atoms in total. The van der Waals surface area contributed by atoms with Crippen molar-refractivity contribution in [2.24, 2.45) is 5.92 Å². The van der Waals surface area contributed by atoms with E-state index in [-0.39, 0.29) is 12.0 Å². The van der Waals surface area contributed by atoms with E-state index in [4.69, 9.17) is 4.98 Å². The van der Waals surface area contributed by atoms with Crippen molar-refractivity contribution in [3.63, 3.8) is 0 Å². The predicted octanol–water partition coefficient (Wildman–Crippen LogP) is 3.74. The van der Waals surface area contributed by atoms with Crippen molar-refractivity contribution in [2.45, 2.75) is 58.0 Å². The molecule has 0 unspecified atom stereocenters. The number of H-pyrrole nitrogens is 1. The van der Waals surface area contributed by atoms with Crippen LogP contribution in [0.2, 0.25) is 0 Å². The van der Waals surface area contributed by atoms with Gasteiger partial charge in [-0.05, 0) is 71.2 Å². The zero-order valence-electron chi connectivity index (χ0n) is 15.9. The van der Waals surface area contributed by atoms with Crippen molar-refractivity contribution in [3.8, 4) is 0 Å². The Labute approximate surface area is 155 Å². The summed E-state index contributed by atoms with van der Waals surface area (Å²) in [6.45, 7) is 7.42. The quantitative estimate of drug-likeness (QED) is 0.913. The van der Waals surface area contributed by atoms with E-state index in [9.17, 15) is 4.79 Å². The van der Waals surface area contributed by atoms with Gasteiger partial charge in [0.05, 0.1) is 17.1 Å². The van der Waals surface area contributed by atoms with Gasteiger partial charge in [-0.1, -0.05) is 12.1 Å². The van der Waals surface area contributed by atoms with Gasteiger partial charge in [-0.15, -0.1) is 0 Å². The van der Waals surface area contributed by atoms with Crippen LogP contribution < -0.4 is 0 Å². The highest BCUT2D eigenvalue weighted by atomic mass is 16.2. The standard InChI is InChI=1S/C21H30N4O/c1-15(2)24-13-10-16(11-14-24)21(26)25-12-6-5-9-19(25)20-22-17-7-3-4-8-18(17)23-20/h3-4,7-8,15-16,19H,5-6,9-14H2,1-2H3,(H,22,23)/t19-/m0/s1. The number of likely N-dealkylation sites (tertiary alicyclic amines) is 2. The van der Waals surface area contributed by atoms with E-state index in [1.165, 1.54) is 0 Å². The lowest BCUT2D eigenvalue weighted by Gasteiger charge is -2.40. The summed E-state index contributed by atoms with van der Waals surface area (Å²) < 4.78 is 0. The maximum atomic E-state index is 13.3. The van der Waals surface area contributed by atoms with Gasteiger partial charge in [0.15, 0.2) is 0 Å². The molecule has 4 rings (SSSR count). The number of rotatable bonds is 3. The van der Waals surface area contributed by atoms with Crippen LogP contribution in [0.15, 0.2) is 24.3 Å². The van der Waals surface area contributed by atoms with Crippen LogP contribution in [-0.2, 0) is 4.79 Å². The lowest BCUT2D eigenvalue weighted by Crippen LogP contribution is -2.47. The number of hydrogen-bond donors (Lipinski definition) is 1. The van der Waals surface area contributed by atoms with E-state index in [0.717, 1.165) is 68.6 Å². The molecule has 26 heavy (non-hydrogen) atoms. The van der Waals surface area contributed by atoms with Gasteiger partial charge >= 0.3 is 0 Å². The number of piperidine rings is 2. The summed E-state index contributed by atoms with van der Waals surface area (Å²) in [7, 11) is 0. The number of aromatic nitrogens is 2. The molecule has 2 aliphatic heterocycles. The Kier molecular flexibility index (Phi) is 4.98. The third-order valence-electron chi connectivity index (χ3n) is 6.12. The number of nitrogens with zero attached hydrogens (tertiary/aromatic N) is 3. The molecule has 2 aliphatic rings. The molecular formula is C21H30N4O. The Morgan fingerprint density at radius 1 is 1.12 bits per heavy atom. The van der Waals surface area contributed by atoms with Crippen molar-refractivity contribution in [2.75, 3.05) is 19.6 Å². The molecule has 3 heterocycles. The molecule has 1 aromatic carbocycles. The number of benzene rings is 1. The van der Waals surface area contributed by atoms with Crippen LogP contribution >= 0.6 is 0 Å². The first-order valence-corrected chi connectivity index (χ1v) is 10.1. The van der Waals surface area contributed by atoms with Gasteiger partial charge in [-0.3, -0.25) is 4.79 Å². The minimum absolute atomic E-state index is 0.103. The van der Waals surface area contributed by atoms with Crippen LogP contribution in [0.5, 0.6) is 0 Å². The van der Waals surface area contributed by atoms with E-state index in [1.807, 2.05) is 18.2 Å². The van der Waals surface area contributed by atoms with Crippen molar-refractivity contribution in [1.29, 1.82) is 0 Å². The minimum atomic E-state index is 0.103. The third kappa shape index (κ3) is 3.37. The first-order chi connectivity index (χ1) is 12.6. The first-order valence-electron chi connectivity index (χ1n) is 10.1. The van der Waals surface area contributed by atoms with Gasteiger partial charge in [0.2, 0.25) is 5.91 Å². The molecule has 0 spiro atoms. The Balaban J connectivity index is 1.51. The number of imidazole rings is 1. The second kappa shape index (κ2) is 7.39. The zero-order chi connectivity index (χ0) is 18.1. The first kappa shape index (κ1) is 17.5. The number of amides is 1. The van der Waals surface area contributed by atoms with E-state index < -0.39 is 0 Å². The highest BCUT2D eigenvalue weighted by molar-refractivity contribution is 5.80. The number of carbonyl (C=O) groups is 1. The summed E-state index contributed by atoms with van der Waals surface area (Å²) in [4.78, 5) is 26.2. The number of carbonyl (C=O) groups excluding carboxylic acids is 1. The fourth-order valence-electron chi connectivity index (χ4n) is 4.51. The lowest BCUT2D eigenvalue weighted by molar-refractivity contribution is -0.141. The number of para-hydroxylation sites is 2.